The van der Waals surface area contributed by atoms with E-state index in [2.05, 4.69) is 11.4 Å². The summed E-state index contributed by atoms with van der Waals surface area (Å²) in [6.07, 6.45) is 0.834. The Hall–Kier alpha value is -1.87. The normalized spacial score (nSPS) is 12.2. The lowest BCUT2D eigenvalue weighted by Crippen LogP contribution is -2.21. The van der Waals surface area contributed by atoms with E-state index >= 15 is 0 Å². The highest BCUT2D eigenvalue weighted by molar-refractivity contribution is 5.38. The zero-order valence-corrected chi connectivity index (χ0v) is 13.0. The molecule has 21 heavy (non-hydrogen) atoms. The lowest BCUT2D eigenvalue weighted by atomic mass is 9.91. The number of aryl methyl sites for hydroxylation is 2. The largest absolute Gasteiger partial charge is 0.497 e. The molecule has 0 amide bonds. The van der Waals surface area contributed by atoms with Crippen LogP contribution < -0.4 is 10.1 Å². The second-order valence-electron chi connectivity index (χ2n) is 5.35. The van der Waals surface area contributed by atoms with Crippen molar-refractivity contribution in [2.45, 2.75) is 26.3 Å². The first-order chi connectivity index (χ1) is 10.0. The van der Waals surface area contributed by atoms with Crippen LogP contribution in [0, 0.1) is 19.7 Å². The van der Waals surface area contributed by atoms with Gasteiger partial charge in [-0.2, -0.15) is 0 Å². The summed E-state index contributed by atoms with van der Waals surface area (Å²) in [6, 6.07) is 11.4. The van der Waals surface area contributed by atoms with Gasteiger partial charge in [-0.3, -0.25) is 0 Å². The molecule has 1 unspecified atom stereocenters. The van der Waals surface area contributed by atoms with E-state index in [0.29, 0.717) is 0 Å². The lowest BCUT2D eigenvalue weighted by Gasteiger charge is -2.22. The predicted molar refractivity (Wildman–Crippen MR) is 84.4 cm³/mol. The van der Waals surface area contributed by atoms with Crippen LogP contribution in [-0.4, -0.2) is 14.2 Å². The van der Waals surface area contributed by atoms with Gasteiger partial charge in [0.2, 0.25) is 0 Å². The van der Waals surface area contributed by atoms with Gasteiger partial charge in [-0.1, -0.05) is 12.1 Å². The van der Waals surface area contributed by atoms with Crippen molar-refractivity contribution in [1.82, 2.24) is 5.32 Å². The molecule has 0 saturated carbocycles. The van der Waals surface area contributed by atoms with Crippen LogP contribution in [0.25, 0.3) is 0 Å². The fourth-order valence-electron chi connectivity index (χ4n) is 2.86. The topological polar surface area (TPSA) is 21.3 Å². The maximum absolute atomic E-state index is 13.5. The molecule has 0 bridgehead atoms. The van der Waals surface area contributed by atoms with Crippen LogP contribution in [0.2, 0.25) is 0 Å². The van der Waals surface area contributed by atoms with Gasteiger partial charge >= 0.3 is 0 Å². The van der Waals surface area contributed by atoms with Gasteiger partial charge < -0.3 is 10.1 Å². The number of nitrogens with one attached hydrogen (secondary N) is 1. The van der Waals surface area contributed by atoms with Crippen LogP contribution in [-0.2, 0) is 6.42 Å². The maximum atomic E-state index is 13.5. The highest BCUT2D eigenvalue weighted by Gasteiger charge is 2.16. The zero-order chi connectivity index (χ0) is 15.4. The molecule has 0 saturated heterocycles. The summed E-state index contributed by atoms with van der Waals surface area (Å²) < 4.78 is 18.7. The van der Waals surface area contributed by atoms with Gasteiger partial charge in [0.25, 0.3) is 0 Å². The molecule has 1 atom stereocenters. The molecule has 0 radical (unpaired) electrons. The molecular formula is C18H22FNO. The molecule has 0 aliphatic heterocycles. The minimum Gasteiger partial charge on any atom is -0.497 e. The predicted octanol–water partition coefficient (Wildman–Crippen LogP) is 3.95. The summed E-state index contributed by atoms with van der Waals surface area (Å²) in [7, 11) is 3.61. The average molecular weight is 287 g/mol. The number of ether oxygens (including phenoxy) is 1. The van der Waals surface area contributed by atoms with E-state index in [-0.39, 0.29) is 11.9 Å². The smallest absolute Gasteiger partial charge is 0.123 e. The van der Waals surface area contributed by atoms with E-state index < -0.39 is 0 Å². The molecule has 3 heteroatoms. The van der Waals surface area contributed by atoms with E-state index in [0.717, 1.165) is 23.3 Å². The molecule has 0 spiro atoms. The number of hydrogen-bond acceptors (Lipinski definition) is 2. The maximum Gasteiger partial charge on any atom is 0.123 e. The van der Waals surface area contributed by atoms with Gasteiger partial charge in [0, 0.05) is 6.04 Å². The van der Waals surface area contributed by atoms with Gasteiger partial charge in [0.05, 0.1) is 7.11 Å². The first-order valence-electron chi connectivity index (χ1n) is 7.12. The SMILES string of the molecule is CNC(Cc1cccc(OC)c1)c1c(C)cc(F)cc1C. The standard InChI is InChI=1S/C18H22FNO/c1-12-8-15(19)9-13(2)18(12)17(20-3)11-14-6-5-7-16(10-14)21-4/h5-10,17,20H,11H2,1-4H3. The fourth-order valence-corrected chi connectivity index (χ4v) is 2.86. The summed E-state index contributed by atoms with van der Waals surface area (Å²) >= 11 is 0. The third kappa shape index (κ3) is 3.61. The summed E-state index contributed by atoms with van der Waals surface area (Å²) in [5.41, 5.74) is 4.32. The van der Waals surface area contributed by atoms with Crippen molar-refractivity contribution in [2.24, 2.45) is 0 Å². The molecule has 0 heterocycles. The van der Waals surface area contributed by atoms with E-state index in [9.17, 15) is 4.39 Å². The molecule has 2 aromatic carbocycles. The minimum atomic E-state index is -0.176. The molecule has 0 aliphatic rings. The molecule has 1 N–H and O–H groups in total. The summed E-state index contributed by atoms with van der Waals surface area (Å²) in [6.45, 7) is 3.92. The molecule has 0 aromatic heterocycles. The Bertz CT molecular complexity index is 601. The van der Waals surface area contributed by atoms with Crippen molar-refractivity contribution >= 4 is 0 Å². The molecule has 0 aliphatic carbocycles. The van der Waals surface area contributed by atoms with Crippen molar-refractivity contribution in [1.29, 1.82) is 0 Å². The molecule has 2 rings (SSSR count). The van der Waals surface area contributed by atoms with E-state index in [1.807, 2.05) is 39.1 Å². The second-order valence-corrected chi connectivity index (χ2v) is 5.35. The van der Waals surface area contributed by atoms with Gasteiger partial charge in [0.15, 0.2) is 0 Å². The number of halogens is 1. The zero-order valence-electron chi connectivity index (χ0n) is 13.0. The van der Waals surface area contributed by atoms with Crippen LogP contribution in [0.3, 0.4) is 0 Å². The summed E-state index contributed by atoms with van der Waals surface area (Å²) in [5, 5.41) is 3.34. The van der Waals surface area contributed by atoms with Crippen LogP contribution >= 0.6 is 0 Å². The Labute approximate surface area is 126 Å². The molecule has 2 nitrogen and oxygen atoms in total. The third-order valence-corrected chi connectivity index (χ3v) is 3.83. The first-order valence-corrected chi connectivity index (χ1v) is 7.12. The second kappa shape index (κ2) is 6.72. The van der Waals surface area contributed by atoms with Crippen LogP contribution in [0.1, 0.15) is 28.3 Å². The highest BCUT2D eigenvalue weighted by atomic mass is 19.1. The van der Waals surface area contributed by atoms with Crippen molar-refractivity contribution in [3.05, 3.63) is 64.5 Å². The van der Waals surface area contributed by atoms with Crippen molar-refractivity contribution < 1.29 is 9.13 Å². The van der Waals surface area contributed by atoms with E-state index in [1.165, 1.54) is 11.1 Å². The Balaban J connectivity index is 2.32. The Morgan fingerprint density at radius 2 is 1.81 bits per heavy atom. The summed E-state index contributed by atoms with van der Waals surface area (Å²) in [4.78, 5) is 0. The monoisotopic (exact) mass is 287 g/mol. The van der Waals surface area contributed by atoms with E-state index in [1.54, 1.807) is 19.2 Å². The van der Waals surface area contributed by atoms with Crippen molar-refractivity contribution in [3.63, 3.8) is 0 Å². The molecule has 112 valence electrons. The average Bonchev–Trinajstić information content (AvgIpc) is 2.45. The first kappa shape index (κ1) is 15.5. The number of likely N-dealkylation sites (N-methyl/N-ethyl adjacent to an activating group) is 1. The highest BCUT2D eigenvalue weighted by Crippen LogP contribution is 2.27. The number of rotatable bonds is 5. The minimum absolute atomic E-state index is 0.151. The Morgan fingerprint density at radius 1 is 1.14 bits per heavy atom. The van der Waals surface area contributed by atoms with Crippen molar-refractivity contribution in [3.8, 4) is 5.75 Å². The number of hydrogen-bond donors (Lipinski definition) is 1. The van der Waals surface area contributed by atoms with Gasteiger partial charge in [-0.25, -0.2) is 4.39 Å². The quantitative estimate of drug-likeness (QED) is 0.899. The van der Waals surface area contributed by atoms with Crippen LogP contribution in [0.4, 0.5) is 4.39 Å². The Morgan fingerprint density at radius 3 is 2.38 bits per heavy atom. The number of benzene rings is 2. The molecular weight excluding hydrogens is 265 g/mol. The van der Waals surface area contributed by atoms with Crippen LogP contribution in [0.5, 0.6) is 5.75 Å². The van der Waals surface area contributed by atoms with Crippen LogP contribution in [0.15, 0.2) is 36.4 Å². The van der Waals surface area contributed by atoms with Gasteiger partial charge in [-0.15, -0.1) is 0 Å². The molecule has 0 fully saturated rings. The number of methoxy groups -OCH3 is 1. The van der Waals surface area contributed by atoms with Crippen molar-refractivity contribution in [2.75, 3.05) is 14.2 Å². The fraction of sp³-hybridized carbons (Fsp3) is 0.333. The van der Waals surface area contributed by atoms with E-state index in [4.69, 9.17) is 4.74 Å². The van der Waals surface area contributed by atoms with Gasteiger partial charge in [-0.05, 0) is 73.8 Å². The van der Waals surface area contributed by atoms with Gasteiger partial charge in [0.1, 0.15) is 11.6 Å². The lowest BCUT2D eigenvalue weighted by molar-refractivity contribution is 0.414. The molecule has 2 aromatic rings. The summed E-state index contributed by atoms with van der Waals surface area (Å²) in [5.74, 6) is 0.680. The third-order valence-electron chi connectivity index (χ3n) is 3.83. The Kier molecular flexibility index (Phi) is 4.97.